The van der Waals surface area contributed by atoms with Crippen molar-refractivity contribution < 1.29 is 4.74 Å². The third-order valence-electron chi connectivity index (χ3n) is 2.29. The van der Waals surface area contributed by atoms with E-state index in [0.717, 1.165) is 16.9 Å². The Balaban J connectivity index is 1.99. The first-order valence-electron chi connectivity index (χ1n) is 5.20. The molecule has 0 bridgehead atoms. The van der Waals surface area contributed by atoms with Crippen LogP contribution in [0.5, 0.6) is 5.75 Å². The van der Waals surface area contributed by atoms with Gasteiger partial charge in [0.25, 0.3) is 0 Å². The highest BCUT2D eigenvalue weighted by molar-refractivity contribution is 6.17. The topological polar surface area (TPSA) is 9.23 Å². The van der Waals surface area contributed by atoms with Crippen molar-refractivity contribution >= 4 is 11.6 Å². The molecular formula is C14H13ClO. The number of ether oxygens (including phenoxy) is 1. The van der Waals surface area contributed by atoms with E-state index in [1.807, 2.05) is 48.5 Å². The Morgan fingerprint density at radius 1 is 0.875 bits per heavy atom. The van der Waals surface area contributed by atoms with E-state index in [1.165, 1.54) is 0 Å². The molecule has 1 nitrogen and oxygen atoms in total. The lowest BCUT2D eigenvalue weighted by molar-refractivity contribution is 0.306. The van der Waals surface area contributed by atoms with Crippen LogP contribution in [0.15, 0.2) is 54.6 Å². The zero-order valence-electron chi connectivity index (χ0n) is 8.90. The summed E-state index contributed by atoms with van der Waals surface area (Å²) in [6.45, 7) is 0.578. The maximum atomic E-state index is 5.78. The Bertz CT molecular complexity index is 439. The van der Waals surface area contributed by atoms with Crippen LogP contribution in [0, 0.1) is 0 Å². The summed E-state index contributed by atoms with van der Waals surface area (Å²) in [7, 11) is 0. The van der Waals surface area contributed by atoms with Gasteiger partial charge in [-0.1, -0.05) is 42.5 Å². The molecule has 0 aliphatic heterocycles. The zero-order valence-corrected chi connectivity index (χ0v) is 9.65. The molecule has 0 heterocycles. The van der Waals surface area contributed by atoms with Crippen molar-refractivity contribution in [1.29, 1.82) is 0 Å². The van der Waals surface area contributed by atoms with Crippen LogP contribution < -0.4 is 4.74 Å². The molecule has 16 heavy (non-hydrogen) atoms. The van der Waals surface area contributed by atoms with Crippen LogP contribution in [0.2, 0.25) is 0 Å². The summed E-state index contributed by atoms with van der Waals surface area (Å²) in [5.74, 6) is 1.43. The van der Waals surface area contributed by atoms with Gasteiger partial charge in [-0.25, -0.2) is 0 Å². The van der Waals surface area contributed by atoms with Gasteiger partial charge in [-0.2, -0.15) is 0 Å². The number of halogens is 1. The molecular weight excluding hydrogens is 220 g/mol. The van der Waals surface area contributed by atoms with Crippen LogP contribution >= 0.6 is 11.6 Å². The van der Waals surface area contributed by atoms with Gasteiger partial charge in [0.05, 0.1) is 0 Å². The van der Waals surface area contributed by atoms with E-state index in [9.17, 15) is 0 Å². The van der Waals surface area contributed by atoms with Gasteiger partial charge >= 0.3 is 0 Å². The van der Waals surface area contributed by atoms with Crippen molar-refractivity contribution in [2.24, 2.45) is 0 Å². The number of rotatable bonds is 4. The third kappa shape index (κ3) is 3.01. The standard InChI is InChI=1S/C14H13ClO/c15-10-12-5-4-6-13(9-12)11-16-14-7-2-1-3-8-14/h1-9H,10-11H2. The van der Waals surface area contributed by atoms with Gasteiger partial charge in [0, 0.05) is 5.88 Å². The predicted octanol–water partition coefficient (Wildman–Crippen LogP) is 4.00. The van der Waals surface area contributed by atoms with Gasteiger partial charge in [0.1, 0.15) is 12.4 Å². The van der Waals surface area contributed by atoms with E-state index >= 15 is 0 Å². The molecule has 82 valence electrons. The maximum absolute atomic E-state index is 5.78. The lowest BCUT2D eigenvalue weighted by atomic mass is 10.1. The molecule has 2 aromatic carbocycles. The first-order chi connectivity index (χ1) is 7.88. The molecule has 0 N–H and O–H groups in total. The molecule has 2 heteroatoms. The molecule has 0 atom stereocenters. The Morgan fingerprint density at radius 2 is 1.62 bits per heavy atom. The highest BCUT2D eigenvalue weighted by Crippen LogP contribution is 2.13. The molecule has 0 radical (unpaired) electrons. The van der Waals surface area contributed by atoms with Crippen molar-refractivity contribution in [1.82, 2.24) is 0 Å². The van der Waals surface area contributed by atoms with Crippen LogP contribution in [-0.2, 0) is 12.5 Å². The summed E-state index contributed by atoms with van der Waals surface area (Å²) < 4.78 is 5.65. The molecule has 0 amide bonds. The minimum absolute atomic E-state index is 0.541. The van der Waals surface area contributed by atoms with Gasteiger partial charge in [-0.05, 0) is 23.3 Å². The first kappa shape index (κ1) is 11.0. The fourth-order valence-electron chi connectivity index (χ4n) is 1.49. The summed E-state index contributed by atoms with van der Waals surface area (Å²) in [4.78, 5) is 0. The Kier molecular flexibility index (Phi) is 3.84. The first-order valence-corrected chi connectivity index (χ1v) is 5.73. The normalized spacial score (nSPS) is 10.1. The second-order valence-corrected chi connectivity index (χ2v) is 3.82. The quantitative estimate of drug-likeness (QED) is 0.724. The van der Waals surface area contributed by atoms with E-state index in [1.54, 1.807) is 0 Å². The highest BCUT2D eigenvalue weighted by Gasteiger charge is 1.96. The van der Waals surface area contributed by atoms with Crippen LogP contribution in [-0.4, -0.2) is 0 Å². The number of para-hydroxylation sites is 1. The highest BCUT2D eigenvalue weighted by atomic mass is 35.5. The maximum Gasteiger partial charge on any atom is 0.119 e. The minimum Gasteiger partial charge on any atom is -0.489 e. The van der Waals surface area contributed by atoms with Crippen LogP contribution in [0.25, 0.3) is 0 Å². The largest absolute Gasteiger partial charge is 0.489 e. The van der Waals surface area contributed by atoms with Crippen LogP contribution in [0.4, 0.5) is 0 Å². The van der Waals surface area contributed by atoms with E-state index in [2.05, 4.69) is 6.07 Å². The zero-order chi connectivity index (χ0) is 11.2. The van der Waals surface area contributed by atoms with E-state index in [0.29, 0.717) is 12.5 Å². The van der Waals surface area contributed by atoms with Crippen molar-refractivity contribution in [3.05, 3.63) is 65.7 Å². The lowest BCUT2D eigenvalue weighted by Gasteiger charge is -2.06. The van der Waals surface area contributed by atoms with Gasteiger partial charge < -0.3 is 4.74 Å². The molecule has 0 aliphatic rings. The molecule has 2 rings (SSSR count). The fourth-order valence-corrected chi connectivity index (χ4v) is 1.65. The van der Waals surface area contributed by atoms with E-state index < -0.39 is 0 Å². The van der Waals surface area contributed by atoms with Gasteiger partial charge in [0.15, 0.2) is 0 Å². The molecule has 0 aromatic heterocycles. The van der Waals surface area contributed by atoms with Crippen molar-refractivity contribution in [3.8, 4) is 5.75 Å². The monoisotopic (exact) mass is 232 g/mol. The Morgan fingerprint density at radius 3 is 2.38 bits per heavy atom. The third-order valence-corrected chi connectivity index (χ3v) is 2.60. The molecule has 0 saturated carbocycles. The van der Waals surface area contributed by atoms with Gasteiger partial charge in [-0.3, -0.25) is 0 Å². The summed E-state index contributed by atoms with van der Waals surface area (Å²) in [6, 6.07) is 17.9. The van der Waals surface area contributed by atoms with Gasteiger partial charge in [-0.15, -0.1) is 11.6 Å². The number of hydrogen-bond donors (Lipinski definition) is 0. The van der Waals surface area contributed by atoms with E-state index in [4.69, 9.17) is 16.3 Å². The van der Waals surface area contributed by atoms with Crippen LogP contribution in [0.1, 0.15) is 11.1 Å². The second-order valence-electron chi connectivity index (χ2n) is 3.56. The predicted molar refractivity (Wildman–Crippen MR) is 66.8 cm³/mol. The van der Waals surface area contributed by atoms with Gasteiger partial charge in [0.2, 0.25) is 0 Å². The van der Waals surface area contributed by atoms with Crippen molar-refractivity contribution in [2.75, 3.05) is 0 Å². The summed E-state index contributed by atoms with van der Waals surface area (Å²) >= 11 is 5.78. The Hall–Kier alpha value is -1.47. The minimum atomic E-state index is 0.541. The number of alkyl halides is 1. The molecule has 2 aromatic rings. The smallest absolute Gasteiger partial charge is 0.119 e. The van der Waals surface area contributed by atoms with Crippen molar-refractivity contribution in [2.45, 2.75) is 12.5 Å². The molecule has 0 fully saturated rings. The molecule has 0 saturated heterocycles. The van der Waals surface area contributed by atoms with Crippen LogP contribution in [0.3, 0.4) is 0 Å². The average Bonchev–Trinajstić information content (AvgIpc) is 2.38. The molecule has 0 spiro atoms. The summed E-state index contributed by atoms with van der Waals surface area (Å²) in [5.41, 5.74) is 2.26. The van der Waals surface area contributed by atoms with Crippen molar-refractivity contribution in [3.63, 3.8) is 0 Å². The summed E-state index contributed by atoms with van der Waals surface area (Å²) in [6.07, 6.45) is 0. The second kappa shape index (κ2) is 5.57. The number of hydrogen-bond acceptors (Lipinski definition) is 1. The lowest BCUT2D eigenvalue weighted by Crippen LogP contribution is -1.95. The Labute approximate surface area is 101 Å². The average molecular weight is 233 g/mol. The van der Waals surface area contributed by atoms with E-state index in [-0.39, 0.29) is 0 Å². The number of benzene rings is 2. The fraction of sp³-hybridized carbons (Fsp3) is 0.143. The molecule has 0 unspecified atom stereocenters. The summed E-state index contributed by atoms with van der Waals surface area (Å²) in [5, 5.41) is 0. The SMILES string of the molecule is ClCc1cccc(COc2ccccc2)c1. The molecule has 0 aliphatic carbocycles.